The maximum Gasteiger partial charge on any atom is 0.145 e. The van der Waals surface area contributed by atoms with Crippen LogP contribution in [0.15, 0.2) is 33.1 Å². The average molecular weight is 378 g/mol. The van der Waals surface area contributed by atoms with Crippen LogP contribution < -0.4 is 10.5 Å². The number of benzene rings is 1. The molecule has 1 saturated heterocycles. The number of likely N-dealkylation sites (N-methyl/N-ethyl adjacent to an activating group) is 1. The van der Waals surface area contributed by atoms with Gasteiger partial charge >= 0.3 is 0 Å². The summed E-state index contributed by atoms with van der Waals surface area (Å²) in [6.45, 7) is 2.40. The second-order valence-corrected chi connectivity index (χ2v) is 5.80. The number of halogens is 2. The quantitative estimate of drug-likeness (QED) is 0.635. The van der Waals surface area contributed by atoms with Crippen molar-refractivity contribution >= 4 is 37.5 Å². The molecule has 1 heterocycles. The Labute approximate surface area is 123 Å². The lowest BCUT2D eigenvalue weighted by Crippen LogP contribution is -2.31. The predicted molar refractivity (Wildman–Crippen MR) is 78.4 cm³/mol. The van der Waals surface area contributed by atoms with Crippen molar-refractivity contribution in [2.24, 2.45) is 0 Å². The topological polar surface area (TPSA) is 47.7 Å². The van der Waals surface area contributed by atoms with Gasteiger partial charge in [0.2, 0.25) is 0 Å². The van der Waals surface area contributed by atoms with Gasteiger partial charge in [0.25, 0.3) is 0 Å². The lowest BCUT2D eigenvalue weighted by Gasteiger charge is -2.24. The summed E-state index contributed by atoms with van der Waals surface area (Å²) in [5.74, 6) is 1.53. The SMILES string of the molecule is CN1CCOC(=COc2cc(Br)c(N)c(Br)c2)C1. The highest BCUT2D eigenvalue weighted by Gasteiger charge is 2.11. The van der Waals surface area contributed by atoms with E-state index in [9.17, 15) is 0 Å². The Kier molecular flexibility index (Phi) is 4.53. The van der Waals surface area contributed by atoms with Crippen molar-refractivity contribution in [3.8, 4) is 5.75 Å². The number of morpholine rings is 1. The number of nitrogen functional groups attached to an aromatic ring is 1. The molecule has 0 aromatic heterocycles. The van der Waals surface area contributed by atoms with E-state index < -0.39 is 0 Å². The number of nitrogens with two attached hydrogens (primary N) is 1. The molecule has 0 bridgehead atoms. The van der Waals surface area contributed by atoms with Gasteiger partial charge in [0.1, 0.15) is 24.4 Å². The summed E-state index contributed by atoms with van der Waals surface area (Å²) >= 11 is 6.75. The van der Waals surface area contributed by atoms with Gasteiger partial charge in [-0.3, -0.25) is 4.90 Å². The van der Waals surface area contributed by atoms with Crippen molar-refractivity contribution in [3.05, 3.63) is 33.1 Å². The van der Waals surface area contributed by atoms with E-state index in [1.54, 1.807) is 6.26 Å². The van der Waals surface area contributed by atoms with E-state index in [4.69, 9.17) is 15.2 Å². The van der Waals surface area contributed by atoms with Crippen LogP contribution in [0.5, 0.6) is 5.75 Å². The Balaban J connectivity index is 2.08. The summed E-state index contributed by atoms with van der Waals surface area (Å²) in [6.07, 6.45) is 1.64. The second kappa shape index (κ2) is 5.95. The number of nitrogens with zero attached hydrogens (tertiary/aromatic N) is 1. The Morgan fingerprint density at radius 3 is 2.67 bits per heavy atom. The molecule has 98 valence electrons. The van der Waals surface area contributed by atoms with Crippen LogP contribution in [0.1, 0.15) is 0 Å². The van der Waals surface area contributed by atoms with E-state index in [1.807, 2.05) is 19.2 Å². The van der Waals surface area contributed by atoms with Gasteiger partial charge in [0.15, 0.2) is 0 Å². The van der Waals surface area contributed by atoms with Crippen molar-refractivity contribution in [2.45, 2.75) is 0 Å². The molecule has 0 amide bonds. The van der Waals surface area contributed by atoms with E-state index in [2.05, 4.69) is 36.8 Å². The van der Waals surface area contributed by atoms with Gasteiger partial charge in [-0.05, 0) is 51.0 Å². The minimum Gasteiger partial charge on any atom is -0.492 e. The van der Waals surface area contributed by atoms with Gasteiger partial charge in [-0.25, -0.2) is 0 Å². The van der Waals surface area contributed by atoms with Crippen LogP contribution in [0.2, 0.25) is 0 Å². The van der Waals surface area contributed by atoms with Gasteiger partial charge in [0.05, 0.1) is 12.2 Å². The van der Waals surface area contributed by atoms with Crippen LogP contribution in [-0.2, 0) is 4.74 Å². The minimum atomic E-state index is 0.656. The van der Waals surface area contributed by atoms with Crippen LogP contribution in [0.25, 0.3) is 0 Å². The Hall–Kier alpha value is -0.720. The molecule has 1 aliphatic rings. The zero-order valence-corrected chi connectivity index (χ0v) is 13.1. The van der Waals surface area contributed by atoms with E-state index in [0.29, 0.717) is 18.0 Å². The number of anilines is 1. The van der Waals surface area contributed by atoms with E-state index in [-0.39, 0.29) is 0 Å². The highest BCUT2D eigenvalue weighted by molar-refractivity contribution is 9.11. The lowest BCUT2D eigenvalue weighted by molar-refractivity contribution is 0.104. The first-order valence-electron chi connectivity index (χ1n) is 5.48. The molecule has 1 aromatic rings. The summed E-state index contributed by atoms with van der Waals surface area (Å²) in [5.41, 5.74) is 6.47. The summed E-state index contributed by atoms with van der Waals surface area (Å²) in [7, 11) is 2.05. The Morgan fingerprint density at radius 1 is 1.39 bits per heavy atom. The largest absolute Gasteiger partial charge is 0.492 e. The third kappa shape index (κ3) is 3.40. The minimum absolute atomic E-state index is 0.656. The molecule has 2 N–H and O–H groups in total. The standard InChI is InChI=1S/C12H14Br2N2O2/c1-16-2-3-17-9(6-16)7-18-8-4-10(13)12(15)11(14)5-8/h4-5,7H,2-3,6,15H2,1H3. The van der Waals surface area contributed by atoms with E-state index in [0.717, 1.165) is 27.8 Å². The first kappa shape index (κ1) is 13.7. The molecule has 0 radical (unpaired) electrons. The fourth-order valence-corrected chi connectivity index (χ4v) is 2.70. The number of ether oxygens (including phenoxy) is 2. The molecule has 1 aliphatic heterocycles. The maximum absolute atomic E-state index is 5.81. The van der Waals surface area contributed by atoms with E-state index >= 15 is 0 Å². The molecular weight excluding hydrogens is 364 g/mol. The monoisotopic (exact) mass is 376 g/mol. The van der Waals surface area contributed by atoms with Gasteiger partial charge in [0, 0.05) is 15.5 Å². The fourth-order valence-electron chi connectivity index (χ4n) is 1.56. The first-order chi connectivity index (χ1) is 8.56. The number of hydrogen-bond acceptors (Lipinski definition) is 4. The van der Waals surface area contributed by atoms with Gasteiger partial charge in [-0.2, -0.15) is 0 Å². The zero-order valence-electron chi connectivity index (χ0n) is 9.95. The molecule has 0 aliphatic carbocycles. The normalized spacial score (nSPS) is 18.7. The third-order valence-corrected chi connectivity index (χ3v) is 3.88. The predicted octanol–water partition coefficient (Wildman–Crippen LogP) is 2.98. The van der Waals surface area contributed by atoms with Crippen molar-refractivity contribution in [1.82, 2.24) is 4.90 Å². The molecule has 0 spiro atoms. The molecule has 4 nitrogen and oxygen atoms in total. The molecule has 1 fully saturated rings. The van der Waals surface area contributed by atoms with Crippen molar-refractivity contribution in [1.29, 1.82) is 0 Å². The molecular formula is C12H14Br2N2O2. The third-order valence-electron chi connectivity index (χ3n) is 2.57. The van der Waals surface area contributed by atoms with Crippen LogP contribution in [-0.4, -0.2) is 31.6 Å². The molecule has 0 unspecified atom stereocenters. The first-order valence-corrected chi connectivity index (χ1v) is 7.06. The van der Waals surface area contributed by atoms with E-state index in [1.165, 1.54) is 0 Å². The fraction of sp³-hybridized carbons (Fsp3) is 0.333. The summed E-state index contributed by atoms with van der Waals surface area (Å²) in [4.78, 5) is 2.17. The van der Waals surface area contributed by atoms with Crippen molar-refractivity contribution in [3.63, 3.8) is 0 Å². The molecule has 6 heteroatoms. The molecule has 1 aromatic carbocycles. The Bertz CT molecular complexity index is 454. The van der Waals surface area contributed by atoms with Crippen LogP contribution in [0.4, 0.5) is 5.69 Å². The Morgan fingerprint density at radius 2 is 2.06 bits per heavy atom. The van der Waals surface area contributed by atoms with Crippen molar-refractivity contribution in [2.75, 3.05) is 32.5 Å². The number of rotatable bonds is 2. The molecule has 2 rings (SSSR count). The average Bonchev–Trinajstić information content (AvgIpc) is 2.33. The summed E-state index contributed by atoms with van der Waals surface area (Å²) < 4.78 is 12.7. The maximum atomic E-state index is 5.81. The van der Waals surface area contributed by atoms with Gasteiger partial charge in [-0.1, -0.05) is 0 Å². The second-order valence-electron chi connectivity index (χ2n) is 4.09. The van der Waals surface area contributed by atoms with Crippen LogP contribution >= 0.6 is 31.9 Å². The van der Waals surface area contributed by atoms with Gasteiger partial charge in [-0.15, -0.1) is 0 Å². The van der Waals surface area contributed by atoms with Crippen molar-refractivity contribution < 1.29 is 9.47 Å². The highest BCUT2D eigenvalue weighted by atomic mass is 79.9. The van der Waals surface area contributed by atoms with Crippen LogP contribution in [0, 0.1) is 0 Å². The van der Waals surface area contributed by atoms with Crippen LogP contribution in [0.3, 0.4) is 0 Å². The highest BCUT2D eigenvalue weighted by Crippen LogP contribution is 2.33. The van der Waals surface area contributed by atoms with Gasteiger partial charge < -0.3 is 15.2 Å². The molecule has 18 heavy (non-hydrogen) atoms. The number of hydrogen-bond donors (Lipinski definition) is 1. The lowest BCUT2D eigenvalue weighted by atomic mass is 10.3. The summed E-state index contributed by atoms with van der Waals surface area (Å²) in [5, 5.41) is 0. The summed E-state index contributed by atoms with van der Waals surface area (Å²) in [6, 6.07) is 3.65. The molecule has 0 atom stereocenters. The molecule has 0 saturated carbocycles. The zero-order chi connectivity index (χ0) is 13.1. The smallest absolute Gasteiger partial charge is 0.145 e.